The Morgan fingerprint density at radius 2 is 2.05 bits per heavy atom. The van der Waals surface area contributed by atoms with Crippen molar-refractivity contribution in [3.05, 3.63) is 35.4 Å². The van der Waals surface area contributed by atoms with Crippen LogP contribution in [0.25, 0.3) is 0 Å². The normalized spacial score (nSPS) is 18.4. The first-order valence-corrected chi connectivity index (χ1v) is 8.16. The van der Waals surface area contributed by atoms with Gasteiger partial charge in [0.05, 0.1) is 11.8 Å². The molecule has 1 aromatic rings. The summed E-state index contributed by atoms with van der Waals surface area (Å²) in [5, 5.41) is 5.81. The Labute approximate surface area is 119 Å². The molecule has 0 aliphatic carbocycles. The number of carbonyl (C=O) groups is 1. The molecule has 3 N–H and O–H groups in total. The number of nitrogens with one attached hydrogen (secondary N) is 3. The van der Waals surface area contributed by atoms with Crippen molar-refractivity contribution in [3.63, 3.8) is 0 Å². The van der Waals surface area contributed by atoms with E-state index in [2.05, 4.69) is 15.4 Å². The van der Waals surface area contributed by atoms with Crippen molar-refractivity contribution in [2.24, 2.45) is 0 Å². The monoisotopic (exact) mass is 297 g/mol. The number of benzene rings is 1. The molecule has 7 heteroatoms. The molecule has 1 atom stereocenters. The van der Waals surface area contributed by atoms with E-state index in [4.69, 9.17) is 0 Å². The predicted octanol–water partition coefficient (Wildman–Crippen LogP) is -0.634. The van der Waals surface area contributed by atoms with Gasteiger partial charge in [-0.2, -0.15) is 0 Å². The molecule has 1 aliphatic rings. The lowest BCUT2D eigenvalue weighted by molar-refractivity contribution is -0.123. The minimum absolute atomic E-state index is 0.113. The molecule has 0 saturated carbocycles. The molecule has 110 valence electrons. The summed E-state index contributed by atoms with van der Waals surface area (Å²) >= 11 is 0. The van der Waals surface area contributed by atoms with Crippen molar-refractivity contribution in [2.45, 2.75) is 19.0 Å². The second-order valence-electron chi connectivity index (χ2n) is 4.72. The van der Waals surface area contributed by atoms with E-state index in [-0.39, 0.29) is 24.2 Å². The molecule has 20 heavy (non-hydrogen) atoms. The van der Waals surface area contributed by atoms with Crippen LogP contribution < -0.4 is 15.4 Å². The lowest BCUT2D eigenvalue weighted by atomic mass is 9.95. The van der Waals surface area contributed by atoms with Gasteiger partial charge in [0, 0.05) is 13.1 Å². The molecule has 0 bridgehead atoms. The highest BCUT2D eigenvalue weighted by molar-refractivity contribution is 7.89. The number of fused-ring (bicyclic) bond motifs is 1. The van der Waals surface area contributed by atoms with Gasteiger partial charge in [0.15, 0.2) is 0 Å². The summed E-state index contributed by atoms with van der Waals surface area (Å²) in [6, 6.07) is 7.68. The van der Waals surface area contributed by atoms with E-state index in [9.17, 15) is 13.2 Å². The molecule has 1 aromatic carbocycles. The van der Waals surface area contributed by atoms with Gasteiger partial charge in [-0.1, -0.05) is 24.3 Å². The summed E-state index contributed by atoms with van der Waals surface area (Å²) in [6.45, 7) is 0.769. The van der Waals surface area contributed by atoms with Gasteiger partial charge >= 0.3 is 0 Å². The summed E-state index contributed by atoms with van der Waals surface area (Å²) in [5.74, 6) is -0.274. The summed E-state index contributed by atoms with van der Waals surface area (Å²) in [5.41, 5.74) is 2.36. The highest BCUT2D eigenvalue weighted by atomic mass is 32.2. The van der Waals surface area contributed by atoms with E-state index in [0.29, 0.717) is 13.0 Å². The molecule has 6 nitrogen and oxygen atoms in total. The van der Waals surface area contributed by atoms with Crippen LogP contribution in [-0.2, 0) is 27.8 Å². The first-order chi connectivity index (χ1) is 9.52. The van der Waals surface area contributed by atoms with Crippen LogP contribution in [0.5, 0.6) is 0 Å². The van der Waals surface area contributed by atoms with Crippen molar-refractivity contribution in [2.75, 3.05) is 19.3 Å². The highest BCUT2D eigenvalue weighted by Gasteiger charge is 2.23. The zero-order valence-corrected chi connectivity index (χ0v) is 12.2. The lowest BCUT2D eigenvalue weighted by Gasteiger charge is -2.25. The molecular formula is C13H19N3O3S. The third-order valence-corrected chi connectivity index (χ3v) is 4.74. The first kappa shape index (κ1) is 15.0. The van der Waals surface area contributed by atoms with Crippen molar-refractivity contribution in [1.82, 2.24) is 15.4 Å². The predicted molar refractivity (Wildman–Crippen MR) is 76.6 cm³/mol. The van der Waals surface area contributed by atoms with Crippen LogP contribution in [0.2, 0.25) is 0 Å². The molecule has 1 aliphatic heterocycles. The highest BCUT2D eigenvalue weighted by Crippen LogP contribution is 2.16. The topological polar surface area (TPSA) is 87.3 Å². The smallest absolute Gasteiger partial charge is 0.237 e. The van der Waals surface area contributed by atoms with E-state index < -0.39 is 10.0 Å². The summed E-state index contributed by atoms with van der Waals surface area (Å²) < 4.78 is 24.7. The van der Waals surface area contributed by atoms with Crippen LogP contribution in [0.15, 0.2) is 24.3 Å². The molecule has 0 spiro atoms. The van der Waals surface area contributed by atoms with Gasteiger partial charge in [-0.15, -0.1) is 0 Å². The maximum absolute atomic E-state index is 12.0. The van der Waals surface area contributed by atoms with Gasteiger partial charge in [-0.25, -0.2) is 13.1 Å². The second kappa shape index (κ2) is 6.34. The Morgan fingerprint density at radius 1 is 1.35 bits per heavy atom. The third-order valence-electron chi connectivity index (χ3n) is 3.38. The lowest BCUT2D eigenvalue weighted by Crippen LogP contribution is -2.48. The molecular weight excluding hydrogens is 278 g/mol. The van der Waals surface area contributed by atoms with Crippen molar-refractivity contribution in [3.8, 4) is 0 Å². The molecule has 0 fully saturated rings. The summed E-state index contributed by atoms with van der Waals surface area (Å²) in [4.78, 5) is 12.0. The van der Waals surface area contributed by atoms with Gasteiger partial charge in [0.25, 0.3) is 0 Å². The van der Waals surface area contributed by atoms with Crippen LogP contribution in [-0.4, -0.2) is 39.7 Å². The van der Waals surface area contributed by atoms with Crippen molar-refractivity contribution in [1.29, 1.82) is 0 Å². The molecule has 0 unspecified atom stereocenters. The number of rotatable bonds is 5. The maximum Gasteiger partial charge on any atom is 0.237 e. The number of amides is 1. The Morgan fingerprint density at radius 3 is 2.75 bits per heavy atom. The molecule has 0 aromatic heterocycles. The Kier molecular flexibility index (Phi) is 4.74. The standard InChI is InChI=1S/C13H19N3O3S/c1-14-20(18,19)7-6-15-13(17)12-8-10-4-2-3-5-11(10)9-16-12/h2-5,12,14,16H,6-9H2,1H3,(H,15,17)/t12-/m1/s1. The van der Waals surface area contributed by atoms with Gasteiger partial charge in [0.1, 0.15) is 0 Å². The van der Waals surface area contributed by atoms with Crippen LogP contribution in [0, 0.1) is 0 Å². The Bertz CT molecular complexity index is 586. The molecule has 1 amide bonds. The van der Waals surface area contributed by atoms with Crippen molar-refractivity contribution >= 4 is 15.9 Å². The van der Waals surface area contributed by atoms with Crippen LogP contribution >= 0.6 is 0 Å². The van der Waals surface area contributed by atoms with E-state index >= 15 is 0 Å². The van der Waals surface area contributed by atoms with Gasteiger partial charge in [0.2, 0.25) is 15.9 Å². The van der Waals surface area contributed by atoms with Crippen LogP contribution in [0.4, 0.5) is 0 Å². The average Bonchev–Trinajstić information content (AvgIpc) is 2.46. The van der Waals surface area contributed by atoms with Crippen LogP contribution in [0.1, 0.15) is 11.1 Å². The van der Waals surface area contributed by atoms with E-state index in [0.717, 1.165) is 5.56 Å². The van der Waals surface area contributed by atoms with Gasteiger partial charge < -0.3 is 10.6 Å². The minimum Gasteiger partial charge on any atom is -0.354 e. The SMILES string of the molecule is CNS(=O)(=O)CCNC(=O)[C@H]1Cc2ccccc2CN1. The third kappa shape index (κ3) is 3.78. The van der Waals surface area contributed by atoms with Crippen molar-refractivity contribution < 1.29 is 13.2 Å². The fourth-order valence-electron chi connectivity index (χ4n) is 2.17. The van der Waals surface area contributed by atoms with Gasteiger partial charge in [-0.3, -0.25) is 4.79 Å². The zero-order valence-electron chi connectivity index (χ0n) is 11.3. The number of carbonyl (C=O) groups excluding carboxylic acids is 1. The van der Waals surface area contributed by atoms with E-state index in [1.165, 1.54) is 12.6 Å². The van der Waals surface area contributed by atoms with Crippen LogP contribution in [0.3, 0.4) is 0 Å². The van der Waals surface area contributed by atoms with Gasteiger partial charge in [-0.05, 0) is 24.6 Å². The molecule has 0 radical (unpaired) electrons. The maximum atomic E-state index is 12.0. The Balaban J connectivity index is 1.86. The quantitative estimate of drug-likeness (QED) is 0.675. The van der Waals surface area contributed by atoms with E-state index in [1.807, 2.05) is 24.3 Å². The number of hydrogen-bond donors (Lipinski definition) is 3. The van der Waals surface area contributed by atoms with E-state index in [1.54, 1.807) is 0 Å². The average molecular weight is 297 g/mol. The second-order valence-corrected chi connectivity index (χ2v) is 6.77. The molecule has 2 rings (SSSR count). The number of hydrogen-bond acceptors (Lipinski definition) is 4. The number of sulfonamides is 1. The largest absolute Gasteiger partial charge is 0.354 e. The fourth-order valence-corrected chi connectivity index (χ4v) is 2.75. The minimum atomic E-state index is -3.28. The first-order valence-electron chi connectivity index (χ1n) is 6.51. The summed E-state index contributed by atoms with van der Waals surface area (Å²) in [6.07, 6.45) is 0.626. The summed E-state index contributed by atoms with van der Waals surface area (Å²) in [7, 11) is -1.92. The zero-order chi connectivity index (χ0) is 14.6. The Hall–Kier alpha value is -1.44. The molecule has 1 heterocycles. The fraction of sp³-hybridized carbons (Fsp3) is 0.462. The molecule has 0 saturated heterocycles.